The summed E-state index contributed by atoms with van der Waals surface area (Å²) in [5.41, 5.74) is 0.963. The van der Waals surface area contributed by atoms with E-state index in [2.05, 4.69) is 43.7 Å². The normalized spacial score (nSPS) is 14.9. The topological polar surface area (TPSA) is 70.8 Å². The van der Waals surface area contributed by atoms with Crippen molar-refractivity contribution < 1.29 is 9.13 Å². The maximum absolute atomic E-state index is 14.0. The molecule has 0 unspecified atom stereocenters. The van der Waals surface area contributed by atoms with Crippen molar-refractivity contribution in [1.29, 1.82) is 0 Å². The number of aliphatic imine (C=N–C) groups is 1. The van der Waals surface area contributed by atoms with Crippen LogP contribution in [0.4, 0.5) is 4.39 Å². The number of piperazine rings is 1. The van der Waals surface area contributed by atoms with Gasteiger partial charge in [0.1, 0.15) is 12.2 Å². The summed E-state index contributed by atoms with van der Waals surface area (Å²) in [6, 6.07) is 5.19. The molecule has 2 aromatic rings. The number of aryl methyl sites for hydroxylation is 1. The smallest absolute Gasteiger partial charge is 0.194 e. The third-order valence-electron chi connectivity index (χ3n) is 5.43. The standard InChI is InChI=1S/C22H34FN7O.HI/c1-4-8-24-22(25-9-10-30-17-26-27-21(30)5-2)29-13-11-28(12-14-29)16-18-6-7-20(31-3)19(23)15-18;/h6-7,15,17H,4-5,8-14,16H2,1-3H3,(H,24,25);1H. The Balaban J connectivity index is 0.00000363. The lowest BCUT2D eigenvalue weighted by Crippen LogP contribution is -2.52. The number of ether oxygens (including phenoxy) is 1. The van der Waals surface area contributed by atoms with E-state index in [1.165, 1.54) is 7.11 Å². The van der Waals surface area contributed by atoms with Crippen LogP contribution in [-0.2, 0) is 19.5 Å². The maximum Gasteiger partial charge on any atom is 0.194 e. The number of rotatable bonds is 9. The second-order valence-electron chi connectivity index (χ2n) is 7.66. The predicted molar refractivity (Wildman–Crippen MR) is 135 cm³/mol. The third kappa shape index (κ3) is 7.29. The first-order chi connectivity index (χ1) is 15.1. The fraction of sp³-hybridized carbons (Fsp3) is 0.591. The molecule has 1 N–H and O–H groups in total. The zero-order chi connectivity index (χ0) is 22.1. The van der Waals surface area contributed by atoms with Crippen molar-refractivity contribution in [3.8, 4) is 5.75 Å². The Bertz CT molecular complexity index is 853. The first-order valence-corrected chi connectivity index (χ1v) is 11.1. The number of nitrogens with zero attached hydrogens (tertiary/aromatic N) is 6. The Morgan fingerprint density at radius 2 is 2.00 bits per heavy atom. The van der Waals surface area contributed by atoms with Crippen LogP contribution in [0.1, 0.15) is 31.7 Å². The zero-order valence-corrected chi connectivity index (χ0v) is 21.6. The molecule has 8 nitrogen and oxygen atoms in total. The van der Waals surface area contributed by atoms with E-state index in [0.717, 1.165) is 82.5 Å². The van der Waals surface area contributed by atoms with E-state index >= 15 is 0 Å². The number of hydrogen-bond acceptors (Lipinski definition) is 5. The van der Waals surface area contributed by atoms with Gasteiger partial charge in [0.05, 0.1) is 7.11 Å². The Morgan fingerprint density at radius 3 is 2.66 bits per heavy atom. The summed E-state index contributed by atoms with van der Waals surface area (Å²) in [4.78, 5) is 9.44. The van der Waals surface area contributed by atoms with E-state index < -0.39 is 0 Å². The van der Waals surface area contributed by atoms with E-state index in [1.807, 2.05) is 6.07 Å². The van der Waals surface area contributed by atoms with Gasteiger partial charge < -0.3 is 19.5 Å². The molecule has 1 fully saturated rings. The molecule has 0 aliphatic carbocycles. The van der Waals surface area contributed by atoms with Crippen LogP contribution in [-0.4, -0.2) is 76.9 Å². The van der Waals surface area contributed by atoms with Crippen LogP contribution >= 0.6 is 24.0 Å². The van der Waals surface area contributed by atoms with Crippen LogP contribution in [0, 0.1) is 5.82 Å². The highest BCUT2D eigenvalue weighted by Gasteiger charge is 2.20. The van der Waals surface area contributed by atoms with Gasteiger partial charge in [-0.25, -0.2) is 4.39 Å². The minimum absolute atomic E-state index is 0. The second-order valence-corrected chi connectivity index (χ2v) is 7.66. The van der Waals surface area contributed by atoms with E-state index in [9.17, 15) is 4.39 Å². The number of nitrogens with one attached hydrogen (secondary N) is 1. The van der Waals surface area contributed by atoms with Crippen molar-refractivity contribution in [3.63, 3.8) is 0 Å². The molecule has 0 saturated carbocycles. The minimum atomic E-state index is -0.309. The first-order valence-electron chi connectivity index (χ1n) is 11.1. The molecule has 178 valence electrons. The van der Waals surface area contributed by atoms with Gasteiger partial charge in [0.25, 0.3) is 0 Å². The largest absolute Gasteiger partial charge is 0.494 e. The predicted octanol–water partition coefficient (Wildman–Crippen LogP) is 2.78. The highest BCUT2D eigenvalue weighted by molar-refractivity contribution is 14.0. The summed E-state index contributed by atoms with van der Waals surface area (Å²) in [5.74, 6) is 1.94. The fourth-order valence-corrected chi connectivity index (χ4v) is 3.70. The molecule has 32 heavy (non-hydrogen) atoms. The van der Waals surface area contributed by atoms with Crippen molar-refractivity contribution in [2.24, 2.45) is 4.99 Å². The quantitative estimate of drug-likeness (QED) is 0.290. The fourth-order valence-electron chi connectivity index (χ4n) is 3.70. The van der Waals surface area contributed by atoms with Crippen molar-refractivity contribution in [1.82, 2.24) is 29.9 Å². The van der Waals surface area contributed by atoms with Gasteiger partial charge in [-0.05, 0) is 24.1 Å². The molecule has 1 aliphatic rings. The Hall–Kier alpha value is -1.95. The summed E-state index contributed by atoms with van der Waals surface area (Å²) in [6.07, 6.45) is 3.67. The number of methoxy groups -OCH3 is 1. The lowest BCUT2D eigenvalue weighted by atomic mass is 10.2. The van der Waals surface area contributed by atoms with Crippen LogP contribution in [0.25, 0.3) is 0 Å². The van der Waals surface area contributed by atoms with Gasteiger partial charge in [0.15, 0.2) is 17.5 Å². The molecule has 1 aromatic heterocycles. The van der Waals surface area contributed by atoms with Crippen LogP contribution in [0.2, 0.25) is 0 Å². The highest BCUT2D eigenvalue weighted by Crippen LogP contribution is 2.19. The van der Waals surface area contributed by atoms with Crippen LogP contribution < -0.4 is 10.1 Å². The average Bonchev–Trinajstić information content (AvgIpc) is 3.24. The van der Waals surface area contributed by atoms with Crippen molar-refractivity contribution >= 4 is 29.9 Å². The Kier molecular flexibility index (Phi) is 11.1. The Labute approximate surface area is 207 Å². The van der Waals surface area contributed by atoms with Crippen LogP contribution in [0.3, 0.4) is 0 Å². The minimum Gasteiger partial charge on any atom is -0.494 e. The van der Waals surface area contributed by atoms with Gasteiger partial charge in [-0.2, -0.15) is 0 Å². The molecule has 0 atom stereocenters. The molecular formula is C22H35FIN7O. The number of halogens is 2. The van der Waals surface area contributed by atoms with E-state index in [0.29, 0.717) is 0 Å². The molecule has 3 rings (SSSR count). The summed E-state index contributed by atoms with van der Waals surface area (Å²) in [6.45, 7) is 10.9. The monoisotopic (exact) mass is 559 g/mol. The molecule has 1 aliphatic heterocycles. The maximum atomic E-state index is 14.0. The van der Waals surface area contributed by atoms with Gasteiger partial charge >= 0.3 is 0 Å². The first kappa shape index (κ1) is 26.3. The molecular weight excluding hydrogens is 524 g/mol. The third-order valence-corrected chi connectivity index (χ3v) is 5.43. The molecule has 2 heterocycles. The zero-order valence-electron chi connectivity index (χ0n) is 19.3. The van der Waals surface area contributed by atoms with Crippen molar-refractivity contribution in [2.75, 3.05) is 46.4 Å². The summed E-state index contributed by atoms with van der Waals surface area (Å²) in [5, 5.41) is 11.7. The summed E-state index contributed by atoms with van der Waals surface area (Å²) in [7, 11) is 1.48. The van der Waals surface area contributed by atoms with Gasteiger partial charge in [0.2, 0.25) is 0 Å². The van der Waals surface area contributed by atoms with E-state index in [4.69, 9.17) is 9.73 Å². The van der Waals surface area contributed by atoms with Gasteiger partial charge in [0, 0.05) is 58.8 Å². The molecule has 0 spiro atoms. The number of aromatic nitrogens is 3. The lowest BCUT2D eigenvalue weighted by Gasteiger charge is -2.36. The molecule has 10 heteroatoms. The SMILES string of the molecule is CCCN=C(NCCn1cnnc1CC)N1CCN(Cc2ccc(OC)c(F)c2)CC1.I. The molecule has 1 saturated heterocycles. The lowest BCUT2D eigenvalue weighted by molar-refractivity contribution is 0.172. The van der Waals surface area contributed by atoms with Gasteiger partial charge in [-0.1, -0.05) is 19.9 Å². The second kappa shape index (κ2) is 13.6. The number of hydrogen-bond donors (Lipinski definition) is 1. The van der Waals surface area contributed by atoms with Crippen molar-refractivity contribution in [2.45, 2.75) is 39.8 Å². The van der Waals surface area contributed by atoms with Crippen LogP contribution in [0.5, 0.6) is 5.75 Å². The molecule has 0 amide bonds. The van der Waals surface area contributed by atoms with E-state index in [1.54, 1.807) is 18.5 Å². The summed E-state index contributed by atoms with van der Waals surface area (Å²) < 4.78 is 21.1. The van der Waals surface area contributed by atoms with Gasteiger partial charge in [-0.3, -0.25) is 9.89 Å². The summed E-state index contributed by atoms with van der Waals surface area (Å²) >= 11 is 0. The van der Waals surface area contributed by atoms with Crippen LogP contribution in [0.15, 0.2) is 29.5 Å². The average molecular weight is 559 g/mol. The number of guanidine groups is 1. The number of benzene rings is 1. The van der Waals surface area contributed by atoms with E-state index in [-0.39, 0.29) is 35.5 Å². The Morgan fingerprint density at radius 1 is 1.22 bits per heavy atom. The highest BCUT2D eigenvalue weighted by atomic mass is 127. The van der Waals surface area contributed by atoms with Crippen molar-refractivity contribution in [3.05, 3.63) is 41.7 Å². The molecule has 0 bridgehead atoms. The van der Waals surface area contributed by atoms with Gasteiger partial charge in [-0.15, -0.1) is 34.2 Å². The molecule has 1 aromatic carbocycles. The molecule has 0 radical (unpaired) electrons.